The fourth-order valence-corrected chi connectivity index (χ4v) is 4.62. The average Bonchev–Trinajstić information content (AvgIpc) is 3.16. The van der Waals surface area contributed by atoms with Crippen LogP contribution in [0.4, 0.5) is 0 Å². The monoisotopic (exact) mass is 463 g/mol. The summed E-state index contributed by atoms with van der Waals surface area (Å²) in [5, 5.41) is 0. The van der Waals surface area contributed by atoms with Crippen LogP contribution in [0.2, 0.25) is 0 Å². The van der Waals surface area contributed by atoms with Gasteiger partial charge in [0.15, 0.2) is 11.5 Å². The van der Waals surface area contributed by atoms with E-state index in [2.05, 4.69) is 34.1 Å². The molecule has 180 valence electrons. The second-order valence-electron chi connectivity index (χ2n) is 8.69. The lowest BCUT2D eigenvalue weighted by molar-refractivity contribution is -0.139. The lowest BCUT2D eigenvalue weighted by Crippen LogP contribution is -2.52. The van der Waals surface area contributed by atoms with Gasteiger partial charge in [0.1, 0.15) is 0 Å². The predicted octanol–water partition coefficient (Wildman–Crippen LogP) is 2.70. The molecule has 7 nitrogen and oxygen atoms in total. The summed E-state index contributed by atoms with van der Waals surface area (Å²) in [6, 6.07) is 15.6. The first-order valence-electron chi connectivity index (χ1n) is 11.8. The van der Waals surface area contributed by atoms with E-state index in [0.29, 0.717) is 24.5 Å². The van der Waals surface area contributed by atoms with E-state index in [0.717, 1.165) is 38.3 Å². The van der Waals surface area contributed by atoms with Crippen LogP contribution in [0, 0.1) is 0 Å². The molecule has 0 spiro atoms. The molecule has 0 radical (unpaired) electrons. The molecule has 2 aliphatic heterocycles. The van der Waals surface area contributed by atoms with E-state index >= 15 is 0 Å². The first-order valence-corrected chi connectivity index (χ1v) is 11.8. The molecule has 2 aliphatic rings. The van der Waals surface area contributed by atoms with Gasteiger partial charge in [-0.3, -0.25) is 24.3 Å². The van der Waals surface area contributed by atoms with Crippen LogP contribution in [0.3, 0.4) is 0 Å². The topological polar surface area (TPSA) is 62.3 Å². The van der Waals surface area contributed by atoms with Crippen molar-refractivity contribution in [3.05, 3.63) is 65.7 Å². The largest absolute Gasteiger partial charge is 0.493 e. The Balaban J connectivity index is 1.26. The van der Waals surface area contributed by atoms with Crippen LogP contribution in [0.1, 0.15) is 17.5 Å². The molecule has 2 amide bonds. The van der Waals surface area contributed by atoms with E-state index in [1.165, 1.54) is 10.5 Å². The number of benzene rings is 2. The lowest BCUT2D eigenvalue weighted by atomic mass is 10.1. The number of methoxy groups -OCH3 is 2. The number of likely N-dealkylation sites (tertiary alicyclic amines) is 1. The number of rotatable bonds is 9. The smallest absolute Gasteiger partial charge is 0.247 e. The Bertz CT molecular complexity index is 1020. The highest BCUT2D eigenvalue weighted by Gasteiger charge is 2.42. The van der Waals surface area contributed by atoms with Gasteiger partial charge >= 0.3 is 0 Å². The molecule has 0 aliphatic carbocycles. The number of piperazine rings is 1. The van der Waals surface area contributed by atoms with Gasteiger partial charge in [-0.15, -0.1) is 0 Å². The van der Waals surface area contributed by atoms with Gasteiger partial charge in [0.05, 0.1) is 26.7 Å². The van der Waals surface area contributed by atoms with Crippen molar-refractivity contribution in [2.24, 2.45) is 0 Å². The second-order valence-corrected chi connectivity index (χ2v) is 8.69. The molecule has 2 heterocycles. The van der Waals surface area contributed by atoms with E-state index in [1.54, 1.807) is 14.2 Å². The maximum absolute atomic E-state index is 13.1. The van der Waals surface area contributed by atoms with Gasteiger partial charge in [0, 0.05) is 39.3 Å². The summed E-state index contributed by atoms with van der Waals surface area (Å²) in [6.45, 7) is 4.65. The molecule has 2 fully saturated rings. The first-order chi connectivity index (χ1) is 16.6. The van der Waals surface area contributed by atoms with Gasteiger partial charge in [0.2, 0.25) is 11.8 Å². The second kappa shape index (κ2) is 11.3. The minimum atomic E-state index is -0.333. The van der Waals surface area contributed by atoms with Crippen LogP contribution < -0.4 is 9.47 Å². The number of nitrogens with zero attached hydrogens (tertiary/aromatic N) is 3. The average molecular weight is 464 g/mol. The Labute approximate surface area is 201 Å². The zero-order valence-electron chi connectivity index (χ0n) is 20.0. The summed E-state index contributed by atoms with van der Waals surface area (Å²) in [5.41, 5.74) is 2.20. The van der Waals surface area contributed by atoms with Gasteiger partial charge in [-0.25, -0.2) is 0 Å². The van der Waals surface area contributed by atoms with E-state index in [1.807, 2.05) is 36.4 Å². The van der Waals surface area contributed by atoms with E-state index in [9.17, 15) is 9.59 Å². The maximum Gasteiger partial charge on any atom is 0.247 e. The van der Waals surface area contributed by atoms with Gasteiger partial charge in [-0.1, -0.05) is 48.6 Å². The van der Waals surface area contributed by atoms with Crippen molar-refractivity contribution in [2.75, 3.05) is 53.5 Å². The number of carbonyl (C=O) groups excluding carboxylic acids is 2. The summed E-state index contributed by atoms with van der Waals surface area (Å²) in [6.07, 6.45) is 5.19. The minimum Gasteiger partial charge on any atom is -0.493 e. The highest BCUT2D eigenvalue weighted by atomic mass is 16.5. The third kappa shape index (κ3) is 5.66. The number of amides is 2. The number of imide groups is 1. The normalized spacial score (nSPS) is 19.8. The molecule has 0 aromatic heterocycles. The molecule has 4 rings (SSSR count). The SMILES string of the molecule is COc1ccc(CCN2C(=O)CC(N3CCN(C/C=C\c4ccccc4)CC3)C2=O)cc1OC. The van der Waals surface area contributed by atoms with Crippen molar-refractivity contribution in [1.29, 1.82) is 0 Å². The van der Waals surface area contributed by atoms with Crippen LogP contribution in [-0.4, -0.2) is 86.0 Å². The van der Waals surface area contributed by atoms with Crippen LogP contribution in [0.25, 0.3) is 6.08 Å². The van der Waals surface area contributed by atoms with Crippen LogP contribution in [-0.2, 0) is 16.0 Å². The molecule has 2 aromatic carbocycles. The molecule has 2 saturated heterocycles. The minimum absolute atomic E-state index is 0.0668. The number of carbonyl (C=O) groups is 2. The molecule has 34 heavy (non-hydrogen) atoms. The lowest BCUT2D eigenvalue weighted by Gasteiger charge is -2.36. The van der Waals surface area contributed by atoms with Crippen molar-refractivity contribution in [3.8, 4) is 11.5 Å². The van der Waals surface area contributed by atoms with Gasteiger partial charge in [0.25, 0.3) is 0 Å². The number of ether oxygens (including phenoxy) is 2. The summed E-state index contributed by atoms with van der Waals surface area (Å²) in [4.78, 5) is 31.7. The Hall–Kier alpha value is -3.16. The van der Waals surface area contributed by atoms with E-state index in [-0.39, 0.29) is 24.3 Å². The van der Waals surface area contributed by atoms with Crippen LogP contribution in [0.15, 0.2) is 54.6 Å². The zero-order valence-corrected chi connectivity index (χ0v) is 20.0. The molecule has 2 aromatic rings. The highest BCUT2D eigenvalue weighted by Crippen LogP contribution is 2.28. The quantitative estimate of drug-likeness (QED) is 0.533. The Morgan fingerprint density at radius 1 is 0.941 bits per heavy atom. The van der Waals surface area contributed by atoms with Crippen LogP contribution in [0.5, 0.6) is 11.5 Å². The van der Waals surface area contributed by atoms with Crippen molar-refractivity contribution in [3.63, 3.8) is 0 Å². The van der Waals surface area contributed by atoms with Gasteiger partial charge in [-0.2, -0.15) is 0 Å². The zero-order chi connectivity index (χ0) is 23.9. The highest BCUT2D eigenvalue weighted by molar-refractivity contribution is 6.05. The Morgan fingerprint density at radius 3 is 2.38 bits per heavy atom. The molecule has 1 atom stereocenters. The molecule has 0 bridgehead atoms. The van der Waals surface area contributed by atoms with E-state index < -0.39 is 0 Å². The van der Waals surface area contributed by atoms with Gasteiger partial charge < -0.3 is 9.47 Å². The number of hydrogen-bond acceptors (Lipinski definition) is 6. The molecular formula is C27H33N3O4. The predicted molar refractivity (Wildman–Crippen MR) is 132 cm³/mol. The molecule has 1 unspecified atom stereocenters. The fraction of sp³-hybridized carbons (Fsp3) is 0.407. The third-order valence-electron chi connectivity index (χ3n) is 6.61. The van der Waals surface area contributed by atoms with Crippen molar-refractivity contribution < 1.29 is 19.1 Å². The van der Waals surface area contributed by atoms with E-state index in [4.69, 9.17) is 9.47 Å². The molecule has 0 N–H and O–H groups in total. The molecule has 7 heteroatoms. The molecule has 0 saturated carbocycles. The summed E-state index contributed by atoms with van der Waals surface area (Å²) < 4.78 is 10.6. The van der Waals surface area contributed by atoms with Crippen molar-refractivity contribution in [2.45, 2.75) is 18.9 Å². The summed E-state index contributed by atoms with van der Waals surface area (Å²) in [5.74, 6) is 1.16. The number of hydrogen-bond donors (Lipinski definition) is 0. The standard InChI is InChI=1S/C27H33N3O4/c1-33-24-11-10-22(19-25(24)34-2)12-14-30-26(31)20-23(27(30)32)29-17-15-28(16-18-29)13-6-9-21-7-4-3-5-8-21/h3-11,19,23H,12-18,20H2,1-2H3/b9-6-. The summed E-state index contributed by atoms with van der Waals surface area (Å²) >= 11 is 0. The Kier molecular flexibility index (Phi) is 7.98. The Morgan fingerprint density at radius 2 is 1.68 bits per heavy atom. The molecular weight excluding hydrogens is 430 g/mol. The summed E-state index contributed by atoms with van der Waals surface area (Å²) in [7, 11) is 3.19. The fourth-order valence-electron chi connectivity index (χ4n) is 4.62. The maximum atomic E-state index is 13.1. The third-order valence-corrected chi connectivity index (χ3v) is 6.61. The van der Waals surface area contributed by atoms with Crippen molar-refractivity contribution >= 4 is 17.9 Å². The van der Waals surface area contributed by atoms with Crippen molar-refractivity contribution in [1.82, 2.24) is 14.7 Å². The first kappa shape index (κ1) is 24.0. The van der Waals surface area contributed by atoms with Crippen LogP contribution >= 0.6 is 0 Å². The van der Waals surface area contributed by atoms with Gasteiger partial charge in [-0.05, 0) is 29.7 Å².